The van der Waals surface area contributed by atoms with Gasteiger partial charge in [-0.3, -0.25) is 19.8 Å². The SMILES string of the molecule is C[C@@H]1CCCC[C@]12NC(=O)N(Cc1ccc([N+](=O)[O-])cc1)C2=O. The zero-order chi connectivity index (χ0) is 16.6. The number of carbonyl (C=O) groups is 2. The predicted molar refractivity (Wildman–Crippen MR) is 82.5 cm³/mol. The molecule has 1 saturated heterocycles. The van der Waals surface area contributed by atoms with E-state index in [0.29, 0.717) is 12.0 Å². The fourth-order valence-electron chi connectivity index (χ4n) is 3.54. The van der Waals surface area contributed by atoms with Gasteiger partial charge >= 0.3 is 6.03 Å². The van der Waals surface area contributed by atoms with Crippen LogP contribution in [0.15, 0.2) is 24.3 Å². The van der Waals surface area contributed by atoms with Crippen molar-refractivity contribution in [2.24, 2.45) is 5.92 Å². The molecule has 0 bridgehead atoms. The van der Waals surface area contributed by atoms with Gasteiger partial charge in [-0.1, -0.05) is 31.9 Å². The molecule has 3 rings (SSSR count). The predicted octanol–water partition coefficient (Wildman–Crippen LogP) is 2.60. The zero-order valence-electron chi connectivity index (χ0n) is 12.9. The number of nitrogens with zero attached hydrogens (tertiary/aromatic N) is 2. The molecule has 1 spiro atoms. The highest BCUT2D eigenvalue weighted by Crippen LogP contribution is 2.38. The third-order valence-electron chi connectivity index (χ3n) is 4.99. The lowest BCUT2D eigenvalue weighted by molar-refractivity contribution is -0.384. The molecular weight excluding hydrogens is 298 g/mol. The first-order valence-electron chi connectivity index (χ1n) is 7.81. The molecule has 23 heavy (non-hydrogen) atoms. The van der Waals surface area contributed by atoms with Crippen molar-refractivity contribution >= 4 is 17.6 Å². The van der Waals surface area contributed by atoms with Crippen molar-refractivity contribution < 1.29 is 14.5 Å². The molecule has 1 aliphatic heterocycles. The Labute approximate surface area is 133 Å². The van der Waals surface area contributed by atoms with Crippen molar-refractivity contribution in [3.63, 3.8) is 0 Å². The van der Waals surface area contributed by atoms with Crippen LogP contribution in [0.5, 0.6) is 0 Å². The minimum atomic E-state index is -0.768. The number of imide groups is 1. The molecule has 122 valence electrons. The number of amides is 3. The second-order valence-electron chi connectivity index (χ2n) is 6.36. The first kappa shape index (κ1) is 15.5. The van der Waals surface area contributed by atoms with E-state index in [0.717, 1.165) is 19.3 Å². The van der Waals surface area contributed by atoms with E-state index < -0.39 is 10.5 Å². The van der Waals surface area contributed by atoms with Gasteiger partial charge in [0.05, 0.1) is 11.5 Å². The Hall–Kier alpha value is -2.44. The highest BCUT2D eigenvalue weighted by molar-refractivity contribution is 6.07. The molecule has 1 heterocycles. The van der Waals surface area contributed by atoms with Crippen LogP contribution in [0.1, 0.15) is 38.2 Å². The maximum atomic E-state index is 12.8. The average molecular weight is 317 g/mol. The summed E-state index contributed by atoms with van der Waals surface area (Å²) in [5, 5.41) is 13.6. The molecule has 2 atom stereocenters. The minimum absolute atomic E-state index is 0.0108. The lowest BCUT2D eigenvalue weighted by Gasteiger charge is -2.36. The molecule has 0 radical (unpaired) electrons. The molecule has 1 aliphatic carbocycles. The van der Waals surface area contributed by atoms with Crippen LogP contribution in [0, 0.1) is 16.0 Å². The summed E-state index contributed by atoms with van der Waals surface area (Å²) in [6.07, 6.45) is 3.61. The summed E-state index contributed by atoms with van der Waals surface area (Å²) in [7, 11) is 0. The van der Waals surface area contributed by atoms with Gasteiger partial charge in [0.1, 0.15) is 5.54 Å². The number of urea groups is 1. The Bertz CT molecular complexity index is 658. The van der Waals surface area contributed by atoms with Gasteiger partial charge in [-0.2, -0.15) is 0 Å². The summed E-state index contributed by atoms with van der Waals surface area (Å²) in [5.41, 5.74) is -0.0845. The first-order valence-corrected chi connectivity index (χ1v) is 7.81. The quantitative estimate of drug-likeness (QED) is 0.527. The van der Waals surface area contributed by atoms with E-state index in [2.05, 4.69) is 5.32 Å². The Morgan fingerprint density at radius 2 is 2.00 bits per heavy atom. The van der Waals surface area contributed by atoms with Crippen molar-refractivity contribution in [1.82, 2.24) is 10.2 Å². The van der Waals surface area contributed by atoms with Gasteiger partial charge in [-0.15, -0.1) is 0 Å². The van der Waals surface area contributed by atoms with Crippen LogP contribution in [-0.2, 0) is 11.3 Å². The van der Waals surface area contributed by atoms with Crippen LogP contribution < -0.4 is 5.32 Å². The van der Waals surface area contributed by atoms with Gasteiger partial charge in [0, 0.05) is 12.1 Å². The van der Waals surface area contributed by atoms with Crippen molar-refractivity contribution in [2.45, 2.75) is 44.7 Å². The van der Waals surface area contributed by atoms with Crippen LogP contribution in [0.2, 0.25) is 0 Å². The number of carbonyl (C=O) groups excluding carboxylic acids is 2. The maximum absolute atomic E-state index is 12.8. The maximum Gasteiger partial charge on any atom is 0.325 e. The highest BCUT2D eigenvalue weighted by Gasteiger charge is 2.54. The van der Waals surface area contributed by atoms with Crippen molar-refractivity contribution in [1.29, 1.82) is 0 Å². The summed E-state index contributed by atoms with van der Waals surface area (Å²) in [5.74, 6) is -0.0531. The monoisotopic (exact) mass is 317 g/mol. The minimum Gasteiger partial charge on any atom is -0.323 e. The number of non-ortho nitro benzene ring substituents is 1. The first-order chi connectivity index (χ1) is 10.9. The molecule has 0 aromatic heterocycles. The lowest BCUT2D eigenvalue weighted by Crippen LogP contribution is -2.53. The Balaban J connectivity index is 1.79. The van der Waals surface area contributed by atoms with Crippen LogP contribution in [0.3, 0.4) is 0 Å². The fraction of sp³-hybridized carbons (Fsp3) is 0.500. The van der Waals surface area contributed by atoms with Crippen molar-refractivity contribution in [2.75, 3.05) is 0 Å². The molecule has 1 N–H and O–H groups in total. The Kier molecular flexibility index (Phi) is 3.79. The molecule has 2 aliphatic rings. The summed E-state index contributed by atoms with van der Waals surface area (Å²) in [6, 6.07) is 5.55. The van der Waals surface area contributed by atoms with Gasteiger partial charge in [0.2, 0.25) is 0 Å². The van der Waals surface area contributed by atoms with E-state index in [1.807, 2.05) is 6.92 Å². The van der Waals surface area contributed by atoms with E-state index in [-0.39, 0.29) is 30.1 Å². The van der Waals surface area contributed by atoms with Crippen LogP contribution in [0.4, 0.5) is 10.5 Å². The average Bonchev–Trinajstić information content (AvgIpc) is 2.76. The largest absolute Gasteiger partial charge is 0.325 e. The third kappa shape index (κ3) is 2.56. The normalized spacial score (nSPS) is 27.3. The summed E-state index contributed by atoms with van der Waals surface area (Å²) < 4.78 is 0. The molecule has 7 nitrogen and oxygen atoms in total. The van der Waals surface area contributed by atoms with Crippen LogP contribution >= 0.6 is 0 Å². The topological polar surface area (TPSA) is 92.6 Å². The van der Waals surface area contributed by atoms with Gasteiger partial charge in [-0.25, -0.2) is 4.79 Å². The standard InChI is InChI=1S/C16H19N3O4/c1-11-4-2-3-9-16(11)14(20)18(15(21)17-16)10-12-5-7-13(8-6-12)19(22)23/h5-8,11H,2-4,9-10H2,1H3,(H,17,21)/t11-,16+/m1/s1. The Morgan fingerprint density at radius 3 is 2.61 bits per heavy atom. The number of nitro groups is 1. The molecule has 3 amide bonds. The molecule has 2 fully saturated rings. The number of benzene rings is 1. The summed E-state index contributed by atoms with van der Waals surface area (Å²) in [4.78, 5) is 36.5. The fourth-order valence-corrected chi connectivity index (χ4v) is 3.54. The summed E-state index contributed by atoms with van der Waals surface area (Å²) >= 11 is 0. The molecular formula is C16H19N3O4. The van der Waals surface area contributed by atoms with Gasteiger partial charge in [0.25, 0.3) is 11.6 Å². The second kappa shape index (κ2) is 5.64. The molecule has 1 saturated carbocycles. The second-order valence-corrected chi connectivity index (χ2v) is 6.36. The van der Waals surface area contributed by atoms with Crippen molar-refractivity contribution in [3.05, 3.63) is 39.9 Å². The van der Waals surface area contributed by atoms with E-state index >= 15 is 0 Å². The summed E-state index contributed by atoms with van der Waals surface area (Å²) in [6.45, 7) is 2.14. The van der Waals surface area contributed by atoms with E-state index in [9.17, 15) is 19.7 Å². The highest BCUT2D eigenvalue weighted by atomic mass is 16.6. The van der Waals surface area contributed by atoms with Crippen molar-refractivity contribution in [3.8, 4) is 0 Å². The molecule has 1 aromatic carbocycles. The molecule has 7 heteroatoms. The number of nitro benzene ring substituents is 1. The van der Waals surface area contributed by atoms with Gasteiger partial charge < -0.3 is 5.32 Å². The smallest absolute Gasteiger partial charge is 0.323 e. The van der Waals surface area contributed by atoms with Gasteiger partial charge in [-0.05, 0) is 24.3 Å². The molecule has 0 unspecified atom stereocenters. The van der Waals surface area contributed by atoms with E-state index in [4.69, 9.17) is 0 Å². The Morgan fingerprint density at radius 1 is 1.30 bits per heavy atom. The number of rotatable bonds is 3. The van der Waals surface area contributed by atoms with Crippen LogP contribution in [0.25, 0.3) is 0 Å². The number of hydrogen-bond donors (Lipinski definition) is 1. The molecule has 1 aromatic rings. The van der Waals surface area contributed by atoms with E-state index in [1.165, 1.54) is 17.0 Å². The zero-order valence-corrected chi connectivity index (χ0v) is 12.9. The van der Waals surface area contributed by atoms with E-state index in [1.54, 1.807) is 12.1 Å². The van der Waals surface area contributed by atoms with Gasteiger partial charge in [0.15, 0.2) is 0 Å². The number of nitrogens with one attached hydrogen (secondary N) is 1. The third-order valence-corrected chi connectivity index (χ3v) is 4.99. The number of hydrogen-bond acceptors (Lipinski definition) is 4. The van der Waals surface area contributed by atoms with Crippen LogP contribution in [-0.4, -0.2) is 27.3 Å². The lowest BCUT2D eigenvalue weighted by atomic mass is 9.73.